The van der Waals surface area contributed by atoms with E-state index in [0.29, 0.717) is 6.42 Å². The smallest absolute Gasteiger partial charge is 0.223 e. The van der Waals surface area contributed by atoms with Crippen LogP contribution >= 0.6 is 0 Å². The molecular weight excluding hydrogens is 534 g/mol. The molecule has 0 aliphatic carbocycles. The van der Waals surface area contributed by atoms with Crippen LogP contribution in [0, 0.1) is 0 Å². The highest BCUT2D eigenvalue weighted by Gasteiger charge is 2.19. The van der Waals surface area contributed by atoms with Crippen molar-refractivity contribution in [2.24, 2.45) is 0 Å². The molecule has 0 spiro atoms. The number of carbonyl (C=O) groups excluding carboxylic acids is 1. The van der Waals surface area contributed by atoms with Crippen molar-refractivity contribution in [1.82, 2.24) is 5.32 Å². The lowest BCUT2D eigenvalue weighted by atomic mass is 10.0. The molecule has 0 saturated heterocycles. The summed E-state index contributed by atoms with van der Waals surface area (Å²) < 4.78 is 0. The quantitative estimate of drug-likeness (QED) is 0.0454. The van der Waals surface area contributed by atoms with Gasteiger partial charge in [-0.15, -0.1) is 0 Å². The number of aliphatic hydroxyl groups excluding tert-OH is 3. The van der Waals surface area contributed by atoms with Gasteiger partial charge in [0.15, 0.2) is 0 Å². The van der Waals surface area contributed by atoms with Crippen molar-refractivity contribution in [3.63, 3.8) is 0 Å². The van der Waals surface area contributed by atoms with Gasteiger partial charge in [-0.05, 0) is 44.9 Å². The van der Waals surface area contributed by atoms with E-state index < -0.39 is 18.2 Å². The molecular formula is C38H71NO4. The lowest BCUT2D eigenvalue weighted by molar-refractivity contribution is -0.124. The Balaban J connectivity index is 3.74. The van der Waals surface area contributed by atoms with Crippen LogP contribution in [-0.4, -0.2) is 46.1 Å². The third-order valence-electron chi connectivity index (χ3n) is 8.15. The maximum Gasteiger partial charge on any atom is 0.223 e. The number of hydrogen-bond acceptors (Lipinski definition) is 4. The summed E-state index contributed by atoms with van der Waals surface area (Å²) >= 11 is 0. The predicted octanol–water partition coefficient (Wildman–Crippen LogP) is 9.65. The molecule has 0 saturated carbocycles. The van der Waals surface area contributed by atoms with E-state index in [0.717, 1.165) is 32.1 Å². The van der Waals surface area contributed by atoms with Gasteiger partial charge in [-0.2, -0.15) is 0 Å². The molecule has 0 rings (SSSR count). The minimum Gasteiger partial charge on any atom is -0.394 e. The molecule has 0 aromatic rings. The normalized spacial score (nSPS) is 14.3. The van der Waals surface area contributed by atoms with Gasteiger partial charge in [-0.3, -0.25) is 4.79 Å². The third kappa shape index (κ3) is 30.4. The van der Waals surface area contributed by atoms with Crippen LogP contribution in [0.4, 0.5) is 0 Å². The van der Waals surface area contributed by atoms with Crippen LogP contribution < -0.4 is 5.32 Å². The van der Waals surface area contributed by atoms with Gasteiger partial charge in [-0.25, -0.2) is 0 Å². The fraction of sp³-hybridized carbons (Fsp3) is 0.816. The summed E-state index contributed by atoms with van der Waals surface area (Å²) in [7, 11) is 0. The summed E-state index contributed by atoms with van der Waals surface area (Å²) in [4.78, 5) is 12.2. The van der Waals surface area contributed by atoms with Gasteiger partial charge in [0, 0.05) is 0 Å². The van der Waals surface area contributed by atoms with Crippen LogP contribution in [0.1, 0.15) is 174 Å². The Hall–Kier alpha value is -1.43. The fourth-order valence-corrected chi connectivity index (χ4v) is 5.29. The van der Waals surface area contributed by atoms with Crippen molar-refractivity contribution in [1.29, 1.82) is 0 Å². The summed E-state index contributed by atoms with van der Waals surface area (Å²) in [5.74, 6) is -0.364. The molecule has 43 heavy (non-hydrogen) atoms. The molecule has 4 N–H and O–H groups in total. The zero-order valence-electron chi connectivity index (χ0n) is 28.3. The van der Waals surface area contributed by atoms with Crippen molar-refractivity contribution >= 4 is 5.91 Å². The van der Waals surface area contributed by atoms with Crippen LogP contribution in [0.3, 0.4) is 0 Å². The number of carbonyl (C=O) groups is 1. The number of hydrogen-bond donors (Lipinski definition) is 4. The average molecular weight is 606 g/mol. The first-order valence-corrected chi connectivity index (χ1v) is 18.3. The minimum atomic E-state index is -0.960. The summed E-state index contributed by atoms with van der Waals surface area (Å²) in [5.41, 5.74) is 0. The molecule has 0 aromatic heterocycles. The van der Waals surface area contributed by atoms with Gasteiger partial charge < -0.3 is 20.6 Å². The zero-order valence-corrected chi connectivity index (χ0v) is 28.3. The summed E-state index contributed by atoms with van der Waals surface area (Å²) in [5, 5.41) is 32.7. The van der Waals surface area contributed by atoms with Crippen molar-refractivity contribution < 1.29 is 20.1 Å². The SMILES string of the molecule is CCCCCC/C=C\CC(O)CC(=O)NC(CO)C(O)/C=C/CC/C=C/CCCCCCCCCCCCCCCCC. The molecule has 252 valence electrons. The lowest BCUT2D eigenvalue weighted by Gasteiger charge is -2.20. The number of unbranched alkanes of at least 4 members (excludes halogenated alkanes) is 20. The van der Waals surface area contributed by atoms with E-state index in [2.05, 4.69) is 37.4 Å². The highest BCUT2D eigenvalue weighted by molar-refractivity contribution is 5.76. The molecule has 0 radical (unpaired) electrons. The molecule has 0 fully saturated rings. The van der Waals surface area contributed by atoms with Crippen molar-refractivity contribution in [3.8, 4) is 0 Å². The Labute approximate surface area is 266 Å². The maximum absolute atomic E-state index is 12.2. The Morgan fingerprint density at radius 3 is 1.51 bits per heavy atom. The van der Waals surface area contributed by atoms with Crippen LogP contribution in [0.15, 0.2) is 36.5 Å². The number of aliphatic hydroxyl groups is 3. The number of allylic oxidation sites excluding steroid dienone is 4. The first-order valence-electron chi connectivity index (χ1n) is 18.3. The number of amides is 1. The number of rotatable bonds is 32. The Kier molecular flexibility index (Phi) is 32.3. The largest absolute Gasteiger partial charge is 0.394 e. The molecule has 0 aliphatic rings. The Morgan fingerprint density at radius 1 is 0.581 bits per heavy atom. The molecule has 3 atom stereocenters. The molecule has 1 amide bonds. The molecule has 5 heteroatoms. The van der Waals surface area contributed by atoms with Crippen LogP contribution in [0.25, 0.3) is 0 Å². The number of nitrogens with one attached hydrogen (secondary N) is 1. The third-order valence-corrected chi connectivity index (χ3v) is 8.15. The van der Waals surface area contributed by atoms with Crippen molar-refractivity contribution in [3.05, 3.63) is 36.5 Å². The topological polar surface area (TPSA) is 89.8 Å². The van der Waals surface area contributed by atoms with Crippen molar-refractivity contribution in [2.75, 3.05) is 6.61 Å². The van der Waals surface area contributed by atoms with Gasteiger partial charge in [-0.1, -0.05) is 159 Å². The van der Waals surface area contributed by atoms with Gasteiger partial charge in [0.25, 0.3) is 0 Å². The first-order chi connectivity index (χ1) is 21.0. The van der Waals surface area contributed by atoms with Crippen molar-refractivity contribution in [2.45, 2.75) is 193 Å². The van der Waals surface area contributed by atoms with Crippen LogP contribution in [0.2, 0.25) is 0 Å². The highest BCUT2D eigenvalue weighted by Crippen LogP contribution is 2.14. The summed E-state index contributed by atoms with van der Waals surface area (Å²) in [6.07, 6.45) is 40.2. The monoisotopic (exact) mass is 606 g/mol. The molecule has 0 aromatic carbocycles. The molecule has 5 nitrogen and oxygen atoms in total. The Bertz CT molecular complexity index is 675. The second kappa shape index (κ2) is 33.5. The van der Waals surface area contributed by atoms with E-state index in [1.54, 1.807) is 6.08 Å². The van der Waals surface area contributed by atoms with Gasteiger partial charge >= 0.3 is 0 Å². The standard InChI is InChI=1S/C38H71NO4/c1-3-5-7-9-11-12-13-14-15-16-17-18-19-20-21-22-23-24-26-28-30-32-37(42)36(34-40)39-38(43)33-35(41)31-29-27-25-10-8-6-4-2/h23-24,27,29-30,32,35-37,40-42H,3-22,25-26,28,31,33-34H2,1-2H3,(H,39,43)/b24-23+,29-27-,32-30+. The lowest BCUT2D eigenvalue weighted by Crippen LogP contribution is -2.45. The van der Waals surface area contributed by atoms with E-state index >= 15 is 0 Å². The van der Waals surface area contributed by atoms with E-state index in [1.807, 2.05) is 12.2 Å². The highest BCUT2D eigenvalue weighted by atomic mass is 16.3. The fourth-order valence-electron chi connectivity index (χ4n) is 5.29. The van der Waals surface area contributed by atoms with Crippen LogP contribution in [-0.2, 0) is 4.79 Å². The van der Waals surface area contributed by atoms with E-state index in [1.165, 1.54) is 116 Å². The molecule has 0 bridgehead atoms. The molecule has 0 heterocycles. The van der Waals surface area contributed by atoms with E-state index in [-0.39, 0.29) is 18.9 Å². The predicted molar refractivity (Wildman–Crippen MR) is 185 cm³/mol. The van der Waals surface area contributed by atoms with Crippen LogP contribution in [0.5, 0.6) is 0 Å². The Morgan fingerprint density at radius 2 is 1.00 bits per heavy atom. The molecule has 0 aliphatic heterocycles. The first kappa shape index (κ1) is 41.6. The second-order valence-corrected chi connectivity index (χ2v) is 12.5. The molecule has 3 unspecified atom stereocenters. The van der Waals surface area contributed by atoms with Gasteiger partial charge in [0.2, 0.25) is 5.91 Å². The zero-order chi connectivity index (χ0) is 31.6. The second-order valence-electron chi connectivity index (χ2n) is 12.5. The summed E-state index contributed by atoms with van der Waals surface area (Å²) in [6.45, 7) is 4.11. The van der Waals surface area contributed by atoms with Gasteiger partial charge in [0.1, 0.15) is 0 Å². The van der Waals surface area contributed by atoms with E-state index in [4.69, 9.17) is 0 Å². The maximum atomic E-state index is 12.2. The van der Waals surface area contributed by atoms with E-state index in [9.17, 15) is 20.1 Å². The minimum absolute atomic E-state index is 0.0444. The van der Waals surface area contributed by atoms with Gasteiger partial charge in [0.05, 0.1) is 31.3 Å². The summed E-state index contributed by atoms with van der Waals surface area (Å²) in [6, 6.07) is -0.772. The average Bonchev–Trinajstić information content (AvgIpc) is 3.00.